The molecular formula is C8H12O5. The first-order valence-electron chi connectivity index (χ1n) is 3.71. The SMILES string of the molecule is C/C=C/C(=O)OCCOC(=O)OC. The third-order valence-corrected chi connectivity index (χ3v) is 1.02. The van der Waals surface area contributed by atoms with Gasteiger partial charge in [-0.15, -0.1) is 0 Å². The van der Waals surface area contributed by atoms with E-state index in [9.17, 15) is 9.59 Å². The fourth-order valence-corrected chi connectivity index (χ4v) is 0.510. The second-order valence-corrected chi connectivity index (χ2v) is 1.97. The maximum absolute atomic E-state index is 10.7. The van der Waals surface area contributed by atoms with Gasteiger partial charge < -0.3 is 14.2 Å². The molecule has 0 saturated heterocycles. The van der Waals surface area contributed by atoms with E-state index >= 15 is 0 Å². The van der Waals surface area contributed by atoms with E-state index in [1.165, 1.54) is 13.2 Å². The molecular weight excluding hydrogens is 176 g/mol. The first kappa shape index (κ1) is 11.5. The number of hydrogen-bond acceptors (Lipinski definition) is 5. The molecule has 0 aromatic heterocycles. The van der Waals surface area contributed by atoms with Crippen LogP contribution in [0.4, 0.5) is 4.79 Å². The molecule has 0 aliphatic carbocycles. The Bertz CT molecular complexity index is 197. The number of rotatable bonds is 4. The fraction of sp³-hybridized carbons (Fsp3) is 0.500. The summed E-state index contributed by atoms with van der Waals surface area (Å²) in [5.41, 5.74) is 0. The molecule has 0 fully saturated rings. The van der Waals surface area contributed by atoms with Crippen LogP contribution in [0.25, 0.3) is 0 Å². The van der Waals surface area contributed by atoms with Crippen LogP contribution in [0, 0.1) is 0 Å². The molecule has 0 spiro atoms. The Morgan fingerprint density at radius 1 is 1.23 bits per heavy atom. The molecule has 0 rings (SSSR count). The van der Waals surface area contributed by atoms with Crippen LogP contribution in [0.5, 0.6) is 0 Å². The number of ether oxygens (including phenoxy) is 3. The summed E-state index contributed by atoms with van der Waals surface area (Å²) in [6.45, 7) is 1.72. The second-order valence-electron chi connectivity index (χ2n) is 1.97. The molecule has 5 heteroatoms. The number of hydrogen-bond donors (Lipinski definition) is 0. The van der Waals surface area contributed by atoms with Gasteiger partial charge in [-0.1, -0.05) is 6.08 Å². The summed E-state index contributed by atoms with van der Waals surface area (Å²) in [6, 6.07) is 0. The van der Waals surface area contributed by atoms with Crippen LogP contribution in [0.3, 0.4) is 0 Å². The Hall–Kier alpha value is -1.52. The highest BCUT2D eigenvalue weighted by molar-refractivity contribution is 5.81. The summed E-state index contributed by atoms with van der Waals surface area (Å²) in [5, 5.41) is 0. The summed E-state index contributed by atoms with van der Waals surface area (Å²) in [6.07, 6.45) is 2.05. The molecule has 13 heavy (non-hydrogen) atoms. The van der Waals surface area contributed by atoms with Crippen LogP contribution in [0.15, 0.2) is 12.2 Å². The van der Waals surface area contributed by atoms with E-state index < -0.39 is 12.1 Å². The molecule has 0 aromatic carbocycles. The van der Waals surface area contributed by atoms with Gasteiger partial charge >= 0.3 is 12.1 Å². The van der Waals surface area contributed by atoms with Gasteiger partial charge in [0.25, 0.3) is 0 Å². The lowest BCUT2D eigenvalue weighted by Gasteiger charge is -2.02. The normalized spacial score (nSPS) is 9.69. The minimum Gasteiger partial charge on any atom is -0.459 e. The van der Waals surface area contributed by atoms with Crippen molar-refractivity contribution in [1.29, 1.82) is 0 Å². The number of allylic oxidation sites excluding steroid dienone is 1. The number of methoxy groups -OCH3 is 1. The largest absolute Gasteiger partial charge is 0.508 e. The van der Waals surface area contributed by atoms with Crippen LogP contribution < -0.4 is 0 Å². The van der Waals surface area contributed by atoms with Crippen molar-refractivity contribution in [2.75, 3.05) is 20.3 Å². The number of carbonyl (C=O) groups excluding carboxylic acids is 2. The molecule has 0 heterocycles. The average Bonchev–Trinajstić information content (AvgIpc) is 2.12. The molecule has 0 atom stereocenters. The van der Waals surface area contributed by atoms with Crippen LogP contribution >= 0.6 is 0 Å². The van der Waals surface area contributed by atoms with Crippen molar-refractivity contribution in [3.05, 3.63) is 12.2 Å². The lowest BCUT2D eigenvalue weighted by atomic mass is 10.5. The summed E-state index contributed by atoms with van der Waals surface area (Å²) in [7, 11) is 1.20. The number of carbonyl (C=O) groups is 2. The van der Waals surface area contributed by atoms with Gasteiger partial charge in [-0.3, -0.25) is 0 Å². The minimum absolute atomic E-state index is 0.00400. The number of esters is 1. The molecule has 0 radical (unpaired) electrons. The van der Waals surface area contributed by atoms with Gasteiger partial charge in [0.15, 0.2) is 0 Å². The van der Waals surface area contributed by atoms with Gasteiger partial charge in [0.1, 0.15) is 13.2 Å². The smallest absolute Gasteiger partial charge is 0.459 e. The monoisotopic (exact) mass is 188 g/mol. The van der Waals surface area contributed by atoms with Crippen molar-refractivity contribution in [3.63, 3.8) is 0 Å². The van der Waals surface area contributed by atoms with E-state index in [2.05, 4.69) is 14.2 Å². The van der Waals surface area contributed by atoms with E-state index in [0.717, 1.165) is 0 Å². The molecule has 0 N–H and O–H groups in total. The van der Waals surface area contributed by atoms with Crippen molar-refractivity contribution < 1.29 is 23.8 Å². The van der Waals surface area contributed by atoms with E-state index in [1.54, 1.807) is 13.0 Å². The van der Waals surface area contributed by atoms with E-state index in [4.69, 9.17) is 0 Å². The lowest BCUT2D eigenvalue weighted by Crippen LogP contribution is -2.12. The third-order valence-electron chi connectivity index (χ3n) is 1.02. The minimum atomic E-state index is -0.790. The van der Waals surface area contributed by atoms with Gasteiger partial charge in [0, 0.05) is 6.08 Å². The van der Waals surface area contributed by atoms with Gasteiger partial charge in [-0.2, -0.15) is 0 Å². The Kier molecular flexibility index (Phi) is 6.31. The van der Waals surface area contributed by atoms with Gasteiger partial charge in [-0.25, -0.2) is 9.59 Å². The first-order chi connectivity index (χ1) is 6.20. The Morgan fingerprint density at radius 3 is 2.38 bits per heavy atom. The first-order valence-corrected chi connectivity index (χ1v) is 3.71. The van der Waals surface area contributed by atoms with Gasteiger partial charge in [0.2, 0.25) is 0 Å². The third kappa shape index (κ3) is 6.86. The quantitative estimate of drug-likeness (QED) is 0.372. The van der Waals surface area contributed by atoms with Gasteiger partial charge in [-0.05, 0) is 6.92 Å². The predicted octanol–water partition coefficient (Wildman–Crippen LogP) is 0.889. The summed E-state index contributed by atoms with van der Waals surface area (Å²) in [4.78, 5) is 21.1. The maximum atomic E-state index is 10.7. The second kappa shape index (κ2) is 7.15. The van der Waals surface area contributed by atoms with Crippen molar-refractivity contribution >= 4 is 12.1 Å². The van der Waals surface area contributed by atoms with Crippen molar-refractivity contribution in [1.82, 2.24) is 0 Å². The highest BCUT2D eigenvalue weighted by atomic mass is 16.7. The Balaban J connectivity index is 3.35. The van der Waals surface area contributed by atoms with Crippen LogP contribution in [-0.4, -0.2) is 32.4 Å². The van der Waals surface area contributed by atoms with Crippen LogP contribution in [0.1, 0.15) is 6.92 Å². The van der Waals surface area contributed by atoms with E-state index in [0.29, 0.717) is 0 Å². The summed E-state index contributed by atoms with van der Waals surface area (Å²) < 4.78 is 13.3. The highest BCUT2D eigenvalue weighted by Crippen LogP contribution is 1.85. The fourth-order valence-electron chi connectivity index (χ4n) is 0.510. The van der Waals surface area contributed by atoms with Crippen LogP contribution in [0.2, 0.25) is 0 Å². The molecule has 0 saturated carbocycles. The molecule has 0 bridgehead atoms. The molecule has 0 aliphatic heterocycles. The summed E-state index contributed by atoms with van der Waals surface area (Å²) in [5.74, 6) is -0.462. The van der Waals surface area contributed by atoms with E-state index in [1.807, 2.05) is 0 Å². The van der Waals surface area contributed by atoms with Crippen molar-refractivity contribution in [2.24, 2.45) is 0 Å². The molecule has 0 aliphatic rings. The highest BCUT2D eigenvalue weighted by Gasteiger charge is 2.00. The van der Waals surface area contributed by atoms with E-state index in [-0.39, 0.29) is 13.2 Å². The molecule has 0 aromatic rings. The molecule has 0 amide bonds. The zero-order valence-corrected chi connectivity index (χ0v) is 7.61. The standard InChI is InChI=1S/C8H12O5/c1-3-4-7(9)12-5-6-13-8(10)11-2/h3-4H,5-6H2,1-2H3/b4-3+. The van der Waals surface area contributed by atoms with Gasteiger partial charge in [0.05, 0.1) is 7.11 Å². The molecule has 5 nitrogen and oxygen atoms in total. The predicted molar refractivity (Wildman–Crippen MR) is 44.1 cm³/mol. The maximum Gasteiger partial charge on any atom is 0.508 e. The Labute approximate surface area is 76.3 Å². The lowest BCUT2D eigenvalue weighted by molar-refractivity contribution is -0.138. The molecule has 74 valence electrons. The summed E-state index contributed by atoms with van der Waals surface area (Å²) >= 11 is 0. The topological polar surface area (TPSA) is 61.8 Å². The van der Waals surface area contributed by atoms with Crippen LogP contribution in [-0.2, 0) is 19.0 Å². The zero-order valence-electron chi connectivity index (χ0n) is 7.61. The van der Waals surface area contributed by atoms with Crippen molar-refractivity contribution in [3.8, 4) is 0 Å². The zero-order chi connectivity index (χ0) is 10.1. The molecule has 0 unspecified atom stereocenters. The average molecular weight is 188 g/mol. The van der Waals surface area contributed by atoms with Crippen molar-refractivity contribution in [2.45, 2.75) is 6.92 Å². The Morgan fingerprint density at radius 2 is 1.85 bits per heavy atom.